The summed E-state index contributed by atoms with van der Waals surface area (Å²) in [6.07, 6.45) is 2.57. The summed E-state index contributed by atoms with van der Waals surface area (Å²) in [4.78, 5) is 21.6. The first-order chi connectivity index (χ1) is 25.5. The molecule has 1 radical (unpaired) electrons. The monoisotopic (exact) mass is 957 g/mol. The van der Waals surface area contributed by atoms with Crippen molar-refractivity contribution in [3.8, 4) is 11.3 Å². The van der Waals surface area contributed by atoms with Crippen LogP contribution in [0.15, 0.2) is 66.7 Å². The van der Waals surface area contributed by atoms with Crippen LogP contribution in [0.4, 0.5) is 0 Å². The molecule has 0 amide bonds. The minimum atomic E-state index is -1.72. The molecule has 0 atom stereocenters. The van der Waals surface area contributed by atoms with Gasteiger partial charge in [0.05, 0.1) is 19.3 Å². The van der Waals surface area contributed by atoms with Crippen LogP contribution in [0.2, 0.25) is 19.1 Å². The van der Waals surface area contributed by atoms with Gasteiger partial charge in [-0.15, -0.1) is 40.1 Å². The van der Waals surface area contributed by atoms with Crippen LogP contribution in [0.25, 0.3) is 42.3 Å². The predicted octanol–water partition coefficient (Wildman–Crippen LogP) is 13.5. The fraction of sp³-hybridized carbons (Fsp3) is 0.521. The van der Waals surface area contributed by atoms with Crippen LogP contribution < -0.4 is 5.19 Å². The molecule has 4 nitrogen and oxygen atoms in total. The van der Waals surface area contributed by atoms with Gasteiger partial charge in [-0.1, -0.05) is 150 Å². The van der Waals surface area contributed by atoms with Crippen LogP contribution in [0.1, 0.15) is 96.9 Å². The fourth-order valence-corrected chi connectivity index (χ4v) is 13.7. The molecule has 2 heterocycles. The van der Waals surface area contributed by atoms with Gasteiger partial charge < -0.3 is 5.11 Å². The number of thiophene rings is 1. The van der Waals surface area contributed by atoms with Crippen molar-refractivity contribution in [3.05, 3.63) is 78.3 Å². The average molecular weight is 957 g/mol. The van der Waals surface area contributed by atoms with E-state index in [4.69, 9.17) is 1.37 Å². The molecule has 0 spiro atoms. The molecule has 3 aromatic carbocycles. The van der Waals surface area contributed by atoms with Crippen molar-refractivity contribution in [1.29, 1.82) is 0 Å². The van der Waals surface area contributed by atoms with Crippen LogP contribution in [-0.2, 0) is 31.3 Å². The van der Waals surface area contributed by atoms with E-state index in [0.717, 1.165) is 38.7 Å². The number of fused-ring (bicyclic) bond motifs is 4. The van der Waals surface area contributed by atoms with Gasteiger partial charge in [-0.3, -0.25) is 9.78 Å². The molecule has 7 heteroatoms. The van der Waals surface area contributed by atoms with Crippen molar-refractivity contribution in [3.63, 3.8) is 0 Å². The number of aliphatic hydroxyl groups excluding tert-OH is 1. The van der Waals surface area contributed by atoms with Gasteiger partial charge in [0.2, 0.25) is 0 Å². The van der Waals surface area contributed by atoms with Crippen LogP contribution in [0.3, 0.4) is 0 Å². The Balaban J connectivity index is 0.000000361. The zero-order valence-electron chi connectivity index (χ0n) is 37.1. The van der Waals surface area contributed by atoms with E-state index in [1.54, 1.807) is 11.3 Å². The first kappa shape index (κ1) is 45.0. The largest absolute Gasteiger partial charge is 0.512 e. The molecule has 0 bridgehead atoms. The van der Waals surface area contributed by atoms with Gasteiger partial charge in [0, 0.05) is 58.5 Å². The van der Waals surface area contributed by atoms with E-state index >= 15 is 0 Å². The molecule has 2 aromatic heterocycles. The van der Waals surface area contributed by atoms with Crippen LogP contribution in [0.5, 0.6) is 0 Å². The molecule has 5 rings (SSSR count). The fourth-order valence-electron chi connectivity index (χ4n) is 8.75. The number of carbonyl (C=O) groups is 1. The van der Waals surface area contributed by atoms with Crippen LogP contribution >= 0.6 is 11.3 Å². The van der Waals surface area contributed by atoms with E-state index in [1.807, 2.05) is 0 Å². The number of carbonyl (C=O) groups excluding carboxylic acids is 1. The summed E-state index contributed by atoms with van der Waals surface area (Å²) in [5.41, 5.74) is 4.27. The molecule has 0 aliphatic carbocycles. The third kappa shape index (κ3) is 11.7. The molecule has 1 N–H and O–H groups in total. The van der Waals surface area contributed by atoms with Gasteiger partial charge in [-0.25, -0.2) is 4.98 Å². The van der Waals surface area contributed by atoms with Gasteiger partial charge >= 0.3 is 0 Å². The third-order valence-corrected chi connectivity index (χ3v) is 15.4. The van der Waals surface area contributed by atoms with Crippen LogP contribution in [0, 0.1) is 52.9 Å². The van der Waals surface area contributed by atoms with Crippen molar-refractivity contribution in [2.24, 2.45) is 46.8 Å². The van der Waals surface area contributed by atoms with E-state index < -0.39 is 8.07 Å². The van der Waals surface area contributed by atoms with Gasteiger partial charge in [-0.2, -0.15) is 0 Å². The van der Waals surface area contributed by atoms with Crippen molar-refractivity contribution in [2.75, 3.05) is 0 Å². The normalized spacial score (nSPS) is 13.2. The Bertz CT molecular complexity index is 2130. The molecule has 0 saturated carbocycles. The van der Waals surface area contributed by atoms with Crippen molar-refractivity contribution in [1.82, 2.24) is 9.97 Å². The van der Waals surface area contributed by atoms with Crippen molar-refractivity contribution < 1.29 is 31.4 Å². The Morgan fingerprint density at radius 2 is 1.47 bits per heavy atom. The van der Waals surface area contributed by atoms with Gasteiger partial charge in [0.25, 0.3) is 0 Å². The summed E-state index contributed by atoms with van der Waals surface area (Å²) in [6.45, 7) is 33.0. The van der Waals surface area contributed by atoms with E-state index in [9.17, 15) is 9.90 Å². The van der Waals surface area contributed by atoms with Crippen molar-refractivity contribution in [2.45, 2.75) is 116 Å². The van der Waals surface area contributed by atoms with Gasteiger partial charge in [0.1, 0.15) is 7.67 Å². The first-order valence-electron chi connectivity index (χ1n) is 20.6. The minimum Gasteiger partial charge on any atom is -0.512 e. The van der Waals surface area contributed by atoms with E-state index in [0.29, 0.717) is 29.6 Å². The number of aromatic nitrogens is 2. The Morgan fingerprint density at radius 1 is 0.873 bits per heavy atom. The molecule has 0 aliphatic heterocycles. The number of ketones is 1. The Morgan fingerprint density at radius 3 is 2.04 bits per heavy atom. The summed E-state index contributed by atoms with van der Waals surface area (Å²) in [6, 6.07) is 22.5. The predicted molar refractivity (Wildman–Crippen MR) is 239 cm³/mol. The number of allylic oxidation sites excluding steroid dienone is 2. The smallest absolute Gasteiger partial charge is 0.162 e. The second kappa shape index (κ2) is 19.2. The Labute approximate surface area is 352 Å². The number of aliphatic hydroxyl groups is 1. The minimum absolute atomic E-state index is 0. The summed E-state index contributed by atoms with van der Waals surface area (Å²) in [5.74, 6) is 2.28. The molecule has 301 valence electrons. The molecule has 0 unspecified atom stereocenters. The van der Waals surface area contributed by atoms with Gasteiger partial charge in [-0.05, 0) is 53.1 Å². The third-order valence-electron chi connectivity index (χ3n) is 10.5. The van der Waals surface area contributed by atoms with Crippen molar-refractivity contribution >= 4 is 61.5 Å². The topological polar surface area (TPSA) is 63.1 Å². The Kier molecular flexibility index (Phi) is 15.7. The summed E-state index contributed by atoms with van der Waals surface area (Å²) in [7, 11) is -1.72. The second-order valence-electron chi connectivity index (χ2n) is 19.1. The summed E-state index contributed by atoms with van der Waals surface area (Å²) in [5, 5.41) is 15.3. The number of hydrogen-bond acceptors (Lipinski definition) is 5. The standard InChI is InChI=1S/C31H35N2SSi.C17H32O2.Ir/c1-20(2)18-35(6,7)27-16-23(15-22-10-8-9-11-24(22)27)28-30-29(33-19-32-28)25-13-12-21(14-26(25)34-30)17-31(3,4)5;1-10(2)16(11(3)4)14(18)9-15(19)17(12(5)6)13(7)8;/h8-14,16,19-20H,17-18H2,1-7H3;9-13,16-18H,1-8H3;/q-1;;/b;14-9-;/i19D;;. The molecule has 5 aromatic rings. The maximum absolute atomic E-state index is 12.3. The Hall–Kier alpha value is -2.70. The molecule has 0 aliphatic rings. The zero-order valence-corrected chi connectivity index (χ0v) is 40.4. The summed E-state index contributed by atoms with van der Waals surface area (Å²) < 4.78 is 10.7. The maximum atomic E-state index is 12.3. The average Bonchev–Trinajstić information content (AvgIpc) is 3.39. The van der Waals surface area contributed by atoms with Gasteiger partial charge in [0.15, 0.2) is 5.78 Å². The molecular weight excluding hydrogens is 889 g/mol. The maximum Gasteiger partial charge on any atom is 0.162 e. The second-order valence-corrected chi connectivity index (χ2v) is 24.9. The van der Waals surface area contributed by atoms with E-state index in [-0.39, 0.29) is 55.2 Å². The quantitative estimate of drug-likeness (QED) is 0.0586. The van der Waals surface area contributed by atoms with Crippen LogP contribution in [-0.4, -0.2) is 28.9 Å². The van der Waals surface area contributed by atoms with E-state index in [2.05, 4.69) is 168 Å². The zero-order chi connectivity index (χ0) is 41.2. The number of rotatable bonds is 12. The van der Waals surface area contributed by atoms with E-state index in [1.165, 1.54) is 33.0 Å². The number of benzene rings is 3. The number of nitrogens with zero attached hydrogens (tertiary/aromatic N) is 2. The molecular formula is C48H67IrN2O2SSi-. The SMILES string of the molecule is CC(C)C(C(=O)/C=C(\O)C(C(C)C)C(C)C)C(C)C.[2H]c1nc(-c2[c-]c3ccccc3c([Si](C)(C)CC(C)C)c2)c2sc3cc(CC(C)(C)C)ccc3c2n1.[Ir]. The number of hydrogen-bond donors (Lipinski definition) is 1. The molecule has 55 heavy (non-hydrogen) atoms. The molecule has 0 saturated heterocycles. The molecule has 0 fully saturated rings. The first-order valence-corrected chi connectivity index (χ1v) is 24.1. The summed E-state index contributed by atoms with van der Waals surface area (Å²) >= 11 is 1.74.